The summed E-state index contributed by atoms with van der Waals surface area (Å²) in [4.78, 5) is 24.6. The molecule has 0 heterocycles. The third-order valence-electron chi connectivity index (χ3n) is 18.6. The second-order valence-electron chi connectivity index (χ2n) is 27.1. The minimum Gasteiger partial charge on any atom is -0.466 e. The summed E-state index contributed by atoms with van der Waals surface area (Å²) in [7, 11) is 0. The molecule has 0 saturated carbocycles. The molecule has 6 nitrogen and oxygen atoms in total. The molecule has 0 aliphatic heterocycles. The zero-order valence-corrected chi connectivity index (χ0v) is 57.4. The molecule has 0 bridgehead atoms. The van der Waals surface area contributed by atoms with Crippen LogP contribution in [0.1, 0.15) is 450 Å². The van der Waals surface area contributed by atoms with Crippen molar-refractivity contribution >= 4 is 11.9 Å². The van der Waals surface area contributed by atoms with E-state index in [2.05, 4.69) is 19.2 Å². The second kappa shape index (κ2) is 74.1. The first-order valence-corrected chi connectivity index (χ1v) is 39.0. The van der Waals surface area contributed by atoms with Gasteiger partial charge in [-0.15, -0.1) is 0 Å². The van der Waals surface area contributed by atoms with Crippen LogP contribution in [0.2, 0.25) is 0 Å². The Morgan fingerprint density at radius 1 is 0.321 bits per heavy atom. The van der Waals surface area contributed by atoms with Crippen molar-refractivity contribution in [3.8, 4) is 0 Å². The molecule has 0 rings (SSSR count). The molecule has 0 aliphatic rings. The maximum Gasteiger partial charge on any atom is 0.305 e. The van der Waals surface area contributed by atoms with Crippen molar-refractivity contribution in [1.29, 1.82) is 0 Å². The number of rotatable bonds is 74. The van der Waals surface area contributed by atoms with Gasteiger partial charge < -0.3 is 20.3 Å². The number of unbranched alkanes of at least 4 members (excludes halogenated alkanes) is 63. The van der Waals surface area contributed by atoms with Gasteiger partial charge in [-0.25, -0.2) is 0 Å². The number of carbonyl (C=O) groups is 2. The van der Waals surface area contributed by atoms with Crippen molar-refractivity contribution in [3.63, 3.8) is 0 Å². The van der Waals surface area contributed by atoms with E-state index in [1.807, 2.05) is 6.08 Å². The first-order valence-electron chi connectivity index (χ1n) is 39.0. The number of carbonyl (C=O) groups excluding carboxylic acids is 2. The zero-order valence-electron chi connectivity index (χ0n) is 57.4. The fourth-order valence-electron chi connectivity index (χ4n) is 12.6. The van der Waals surface area contributed by atoms with Crippen LogP contribution in [0.15, 0.2) is 12.2 Å². The van der Waals surface area contributed by atoms with E-state index in [1.165, 1.54) is 385 Å². The predicted molar refractivity (Wildman–Crippen MR) is 370 cm³/mol. The van der Waals surface area contributed by atoms with E-state index in [9.17, 15) is 19.8 Å². The maximum atomic E-state index is 12.5. The lowest BCUT2D eigenvalue weighted by molar-refractivity contribution is -0.143. The number of nitrogens with one attached hydrogen (secondary N) is 1. The second-order valence-corrected chi connectivity index (χ2v) is 27.1. The van der Waals surface area contributed by atoms with Gasteiger partial charge >= 0.3 is 5.97 Å². The molecule has 0 aromatic rings. The van der Waals surface area contributed by atoms with Gasteiger partial charge in [-0.05, 0) is 32.1 Å². The Morgan fingerprint density at radius 2 is 0.548 bits per heavy atom. The lowest BCUT2D eigenvalue weighted by Crippen LogP contribution is -2.45. The lowest BCUT2D eigenvalue weighted by Gasteiger charge is -2.20. The van der Waals surface area contributed by atoms with Crippen molar-refractivity contribution in [2.24, 2.45) is 0 Å². The minimum atomic E-state index is -0.842. The fourth-order valence-corrected chi connectivity index (χ4v) is 12.6. The standard InChI is InChI=1S/C78H153NO5/c1-3-5-7-9-11-13-15-17-18-19-20-21-35-38-41-44-47-50-54-58-62-66-70-76(81)75(74-80)79-77(82)71-67-63-59-55-51-48-45-42-39-36-33-31-29-27-25-23-22-24-26-28-30-32-34-37-40-43-46-49-53-57-61-65-69-73-84-78(83)72-68-64-60-56-52-16-14-12-10-8-6-4-2/h66,70,75-76,80-81H,3-65,67-69,71-74H2,1-2H3,(H,79,82)/b70-66+. The van der Waals surface area contributed by atoms with Crippen LogP contribution in [0.4, 0.5) is 0 Å². The summed E-state index contributed by atoms with van der Waals surface area (Å²) in [6.45, 7) is 4.96. The predicted octanol–water partition coefficient (Wildman–Crippen LogP) is 25.5. The van der Waals surface area contributed by atoms with Crippen LogP contribution < -0.4 is 5.32 Å². The van der Waals surface area contributed by atoms with Crippen molar-refractivity contribution in [3.05, 3.63) is 12.2 Å². The normalized spacial score (nSPS) is 12.5. The fraction of sp³-hybridized carbons (Fsp3) is 0.949. The average Bonchev–Trinajstić information content (AvgIpc) is 3.50. The number of allylic oxidation sites excluding steroid dienone is 1. The molecular formula is C78H153NO5. The molecule has 0 aromatic heterocycles. The molecule has 84 heavy (non-hydrogen) atoms. The molecule has 2 unspecified atom stereocenters. The molecule has 6 heteroatoms. The van der Waals surface area contributed by atoms with Crippen LogP contribution in [0.5, 0.6) is 0 Å². The van der Waals surface area contributed by atoms with Crippen LogP contribution in [-0.4, -0.2) is 47.4 Å². The summed E-state index contributed by atoms with van der Waals surface area (Å²) in [6.07, 6.45) is 93.3. The topological polar surface area (TPSA) is 95.9 Å². The highest BCUT2D eigenvalue weighted by molar-refractivity contribution is 5.76. The van der Waals surface area contributed by atoms with Crippen molar-refractivity contribution in [1.82, 2.24) is 5.32 Å². The lowest BCUT2D eigenvalue weighted by atomic mass is 10.0. The third kappa shape index (κ3) is 69.7. The Balaban J connectivity index is 3.34. The largest absolute Gasteiger partial charge is 0.466 e. The van der Waals surface area contributed by atoms with Gasteiger partial charge in [-0.3, -0.25) is 9.59 Å². The van der Waals surface area contributed by atoms with Crippen LogP contribution >= 0.6 is 0 Å². The highest BCUT2D eigenvalue weighted by Gasteiger charge is 2.18. The summed E-state index contributed by atoms with van der Waals surface area (Å²) in [6, 6.07) is -0.625. The van der Waals surface area contributed by atoms with Crippen molar-refractivity contribution in [2.45, 2.75) is 463 Å². The summed E-state index contributed by atoms with van der Waals surface area (Å²) in [5, 5.41) is 23.3. The molecule has 2 atom stereocenters. The van der Waals surface area contributed by atoms with Crippen LogP contribution in [0.3, 0.4) is 0 Å². The smallest absolute Gasteiger partial charge is 0.305 e. The van der Waals surface area contributed by atoms with Gasteiger partial charge in [0.25, 0.3) is 0 Å². The number of hydrogen-bond acceptors (Lipinski definition) is 5. The van der Waals surface area contributed by atoms with Crippen molar-refractivity contribution in [2.75, 3.05) is 13.2 Å². The van der Waals surface area contributed by atoms with E-state index in [0.29, 0.717) is 19.4 Å². The quantitative estimate of drug-likeness (QED) is 0.0320. The van der Waals surface area contributed by atoms with E-state index in [4.69, 9.17) is 4.74 Å². The van der Waals surface area contributed by atoms with Crippen LogP contribution in [0, 0.1) is 0 Å². The summed E-state index contributed by atoms with van der Waals surface area (Å²) in [5.41, 5.74) is 0. The highest BCUT2D eigenvalue weighted by Crippen LogP contribution is 2.20. The molecule has 0 saturated heterocycles. The molecule has 3 N–H and O–H groups in total. The van der Waals surface area contributed by atoms with Gasteiger partial charge in [0.2, 0.25) is 5.91 Å². The molecule has 0 spiro atoms. The number of hydrogen-bond donors (Lipinski definition) is 3. The van der Waals surface area contributed by atoms with E-state index in [-0.39, 0.29) is 18.5 Å². The summed E-state index contributed by atoms with van der Waals surface area (Å²) in [5.74, 6) is -0.0346. The van der Waals surface area contributed by atoms with Gasteiger partial charge in [-0.2, -0.15) is 0 Å². The average molecular weight is 1190 g/mol. The van der Waals surface area contributed by atoms with Crippen molar-refractivity contribution < 1.29 is 24.5 Å². The molecule has 0 radical (unpaired) electrons. The van der Waals surface area contributed by atoms with Gasteiger partial charge in [0.05, 0.1) is 25.4 Å². The Hall–Kier alpha value is -1.40. The van der Waals surface area contributed by atoms with Gasteiger partial charge in [0.15, 0.2) is 0 Å². The van der Waals surface area contributed by atoms with Crippen LogP contribution in [0.25, 0.3) is 0 Å². The number of amides is 1. The van der Waals surface area contributed by atoms with Gasteiger partial charge in [0.1, 0.15) is 0 Å². The number of esters is 1. The Bertz CT molecular complexity index is 1270. The van der Waals surface area contributed by atoms with Gasteiger partial charge in [-0.1, -0.05) is 418 Å². The molecule has 1 amide bonds. The summed E-state index contributed by atoms with van der Waals surface area (Å²) >= 11 is 0. The number of aliphatic hydroxyl groups is 2. The zero-order chi connectivity index (χ0) is 60.6. The van der Waals surface area contributed by atoms with Crippen LogP contribution in [-0.2, 0) is 14.3 Å². The Labute approximate surface area is 527 Å². The Kier molecular flexibility index (Phi) is 72.8. The maximum absolute atomic E-state index is 12.5. The highest BCUT2D eigenvalue weighted by atomic mass is 16.5. The van der Waals surface area contributed by atoms with E-state index >= 15 is 0 Å². The van der Waals surface area contributed by atoms with Gasteiger partial charge in [0, 0.05) is 12.8 Å². The number of ether oxygens (including phenoxy) is 1. The minimum absolute atomic E-state index is 0.0232. The first-order chi connectivity index (χ1) is 41.5. The molecular weight excluding hydrogens is 1030 g/mol. The van der Waals surface area contributed by atoms with E-state index in [1.54, 1.807) is 6.08 Å². The monoisotopic (exact) mass is 1180 g/mol. The molecule has 0 fully saturated rings. The number of aliphatic hydroxyl groups excluding tert-OH is 2. The van der Waals surface area contributed by atoms with E-state index in [0.717, 1.165) is 38.5 Å². The Morgan fingerprint density at radius 3 is 0.810 bits per heavy atom. The molecule has 0 aromatic carbocycles. The van der Waals surface area contributed by atoms with E-state index < -0.39 is 12.1 Å². The molecule has 500 valence electrons. The third-order valence-corrected chi connectivity index (χ3v) is 18.6. The SMILES string of the molecule is CCCCCCCCCCCCCCCCCCCCCC/C=C/C(O)C(CO)NC(=O)CCCCCCCCCCCCCCCCCCCCCCCCCCCCCCCCCCCOC(=O)CCCCCCCCCCCCCC. The summed E-state index contributed by atoms with van der Waals surface area (Å²) < 4.78 is 5.49. The molecule has 0 aliphatic carbocycles. The first kappa shape index (κ1) is 82.6.